The SMILES string of the molecule is CC(=O)[C@@H]1CC[C@@H]2[C@@H]3CC[C@H]4C[C@H](O)CC[C@]4(C)[C@H]3C(=O)C[C@@]21C. The second-order valence-electron chi connectivity index (χ2n) is 9.85. The van der Waals surface area contributed by atoms with Gasteiger partial charge in [0.05, 0.1) is 6.10 Å². The minimum Gasteiger partial charge on any atom is -0.393 e. The van der Waals surface area contributed by atoms with Gasteiger partial charge in [0.15, 0.2) is 0 Å². The number of rotatable bonds is 1. The molecule has 3 heteroatoms. The molecule has 24 heavy (non-hydrogen) atoms. The molecule has 134 valence electrons. The quantitative estimate of drug-likeness (QED) is 0.795. The Morgan fingerprint density at radius 2 is 1.83 bits per heavy atom. The van der Waals surface area contributed by atoms with E-state index >= 15 is 0 Å². The van der Waals surface area contributed by atoms with Crippen LogP contribution >= 0.6 is 0 Å². The first-order valence-electron chi connectivity index (χ1n) is 9.98. The number of aliphatic hydroxyl groups excluding tert-OH is 1. The Kier molecular flexibility index (Phi) is 3.77. The lowest BCUT2D eigenvalue weighted by molar-refractivity contribution is -0.162. The van der Waals surface area contributed by atoms with E-state index in [1.165, 1.54) is 0 Å². The van der Waals surface area contributed by atoms with Crippen molar-refractivity contribution < 1.29 is 14.7 Å². The number of fused-ring (bicyclic) bond motifs is 5. The van der Waals surface area contributed by atoms with Gasteiger partial charge in [-0.2, -0.15) is 0 Å². The van der Waals surface area contributed by atoms with Crippen LogP contribution in [0.5, 0.6) is 0 Å². The molecule has 8 atom stereocenters. The standard InChI is InChI=1S/C21H32O3/c1-12(22)16-6-7-17-15-5-4-13-10-14(23)8-9-20(13,2)19(15)18(24)11-21(16,17)3/h13-17,19,23H,4-11H2,1-3H3/t13-,14+,15-,16-,17+,19+,20-,21+/m0/s1. The molecule has 0 heterocycles. The summed E-state index contributed by atoms with van der Waals surface area (Å²) >= 11 is 0. The lowest BCUT2D eigenvalue weighted by Crippen LogP contribution is -2.58. The molecule has 0 radical (unpaired) electrons. The number of ketones is 2. The fourth-order valence-electron chi connectivity index (χ4n) is 7.72. The van der Waals surface area contributed by atoms with Gasteiger partial charge in [0, 0.05) is 18.3 Å². The third-order valence-corrected chi connectivity index (χ3v) is 8.81. The predicted octanol–water partition coefficient (Wildman–Crippen LogP) is 3.77. The first kappa shape index (κ1) is 16.8. The smallest absolute Gasteiger partial charge is 0.137 e. The minimum atomic E-state index is -0.169. The number of hydrogen-bond acceptors (Lipinski definition) is 3. The molecule has 0 spiro atoms. The van der Waals surface area contributed by atoms with Crippen molar-refractivity contribution in [1.82, 2.24) is 0 Å². The summed E-state index contributed by atoms with van der Waals surface area (Å²) in [4.78, 5) is 25.5. The molecule has 0 amide bonds. The van der Waals surface area contributed by atoms with Crippen LogP contribution in [0.1, 0.15) is 72.1 Å². The van der Waals surface area contributed by atoms with E-state index in [4.69, 9.17) is 0 Å². The summed E-state index contributed by atoms with van der Waals surface area (Å²) in [7, 11) is 0. The molecule has 3 nitrogen and oxygen atoms in total. The number of aliphatic hydroxyl groups is 1. The molecule has 4 fully saturated rings. The van der Waals surface area contributed by atoms with Crippen molar-refractivity contribution in [1.29, 1.82) is 0 Å². The average Bonchev–Trinajstić information content (AvgIpc) is 2.84. The zero-order chi connectivity index (χ0) is 17.3. The first-order chi connectivity index (χ1) is 11.3. The zero-order valence-electron chi connectivity index (χ0n) is 15.4. The van der Waals surface area contributed by atoms with E-state index < -0.39 is 0 Å². The van der Waals surface area contributed by atoms with Gasteiger partial charge in [-0.25, -0.2) is 0 Å². The summed E-state index contributed by atoms with van der Waals surface area (Å²) in [6.45, 7) is 6.28. The molecule has 4 saturated carbocycles. The van der Waals surface area contributed by atoms with Gasteiger partial charge in [-0.1, -0.05) is 13.8 Å². The van der Waals surface area contributed by atoms with Crippen molar-refractivity contribution in [2.24, 2.45) is 40.4 Å². The highest BCUT2D eigenvalue weighted by Crippen LogP contribution is 2.66. The highest BCUT2D eigenvalue weighted by molar-refractivity contribution is 5.87. The predicted molar refractivity (Wildman–Crippen MR) is 92.3 cm³/mol. The second kappa shape index (κ2) is 5.40. The molecular weight excluding hydrogens is 300 g/mol. The van der Waals surface area contributed by atoms with Crippen LogP contribution in [0, 0.1) is 40.4 Å². The van der Waals surface area contributed by atoms with Crippen molar-refractivity contribution in [3.05, 3.63) is 0 Å². The summed E-state index contributed by atoms with van der Waals surface area (Å²) in [5.41, 5.74) is -0.0175. The van der Waals surface area contributed by atoms with Crippen LogP contribution in [0.2, 0.25) is 0 Å². The van der Waals surface area contributed by atoms with Crippen LogP contribution in [-0.2, 0) is 9.59 Å². The van der Waals surface area contributed by atoms with Gasteiger partial charge in [-0.05, 0) is 80.5 Å². The van der Waals surface area contributed by atoms with Gasteiger partial charge < -0.3 is 5.11 Å². The molecule has 0 aromatic heterocycles. The lowest BCUT2D eigenvalue weighted by Gasteiger charge is -2.59. The van der Waals surface area contributed by atoms with Gasteiger partial charge in [-0.15, -0.1) is 0 Å². The molecule has 4 aliphatic carbocycles. The average molecular weight is 332 g/mol. The first-order valence-corrected chi connectivity index (χ1v) is 9.98. The van der Waals surface area contributed by atoms with E-state index in [1.54, 1.807) is 6.92 Å². The fourth-order valence-corrected chi connectivity index (χ4v) is 7.72. The van der Waals surface area contributed by atoms with Gasteiger partial charge in [-0.3, -0.25) is 9.59 Å². The maximum absolute atomic E-state index is 13.3. The number of carbonyl (C=O) groups excluding carboxylic acids is 2. The van der Waals surface area contributed by atoms with Crippen LogP contribution in [-0.4, -0.2) is 22.8 Å². The molecule has 0 saturated heterocycles. The number of Topliss-reactive ketones (excluding diaryl/α,β-unsaturated/α-hetero) is 2. The molecule has 0 aromatic carbocycles. The van der Waals surface area contributed by atoms with Crippen molar-refractivity contribution in [2.45, 2.75) is 78.2 Å². The normalized spacial score (nSPS) is 53.9. The molecule has 0 aliphatic heterocycles. The molecule has 4 rings (SSSR count). The van der Waals surface area contributed by atoms with E-state index in [-0.39, 0.29) is 34.6 Å². The lowest BCUT2D eigenvalue weighted by atomic mass is 9.44. The summed E-state index contributed by atoms with van der Waals surface area (Å²) in [5.74, 6) is 2.48. The Hall–Kier alpha value is -0.700. The van der Waals surface area contributed by atoms with Gasteiger partial charge in [0.1, 0.15) is 11.6 Å². The van der Waals surface area contributed by atoms with Gasteiger partial charge in [0.25, 0.3) is 0 Å². The topological polar surface area (TPSA) is 54.4 Å². The van der Waals surface area contributed by atoms with Gasteiger partial charge >= 0.3 is 0 Å². The Balaban J connectivity index is 1.68. The molecular formula is C21H32O3. The molecule has 0 unspecified atom stereocenters. The third kappa shape index (κ3) is 2.12. The van der Waals surface area contributed by atoms with E-state index in [0.717, 1.165) is 44.9 Å². The maximum atomic E-state index is 13.3. The van der Waals surface area contributed by atoms with Crippen molar-refractivity contribution in [3.8, 4) is 0 Å². The fraction of sp³-hybridized carbons (Fsp3) is 0.905. The highest BCUT2D eigenvalue weighted by atomic mass is 16.3. The molecule has 4 aliphatic rings. The summed E-state index contributed by atoms with van der Waals surface area (Å²) in [6, 6.07) is 0. The van der Waals surface area contributed by atoms with Crippen LogP contribution in [0.25, 0.3) is 0 Å². The van der Waals surface area contributed by atoms with E-state index in [2.05, 4.69) is 13.8 Å². The van der Waals surface area contributed by atoms with Crippen LogP contribution < -0.4 is 0 Å². The van der Waals surface area contributed by atoms with E-state index in [1.807, 2.05) is 0 Å². The zero-order valence-corrected chi connectivity index (χ0v) is 15.4. The minimum absolute atomic E-state index is 0.0782. The Bertz CT molecular complexity index is 569. The summed E-state index contributed by atoms with van der Waals surface area (Å²) < 4.78 is 0. The van der Waals surface area contributed by atoms with E-state index in [9.17, 15) is 14.7 Å². The Morgan fingerprint density at radius 3 is 2.54 bits per heavy atom. The molecule has 0 aromatic rings. The number of carbonyl (C=O) groups is 2. The molecule has 0 bridgehead atoms. The Labute approximate surface area is 145 Å². The maximum Gasteiger partial charge on any atom is 0.137 e. The third-order valence-electron chi connectivity index (χ3n) is 8.81. The van der Waals surface area contributed by atoms with Crippen LogP contribution in [0.4, 0.5) is 0 Å². The van der Waals surface area contributed by atoms with Crippen LogP contribution in [0.15, 0.2) is 0 Å². The van der Waals surface area contributed by atoms with Gasteiger partial charge in [0.2, 0.25) is 0 Å². The monoisotopic (exact) mass is 332 g/mol. The summed E-state index contributed by atoms with van der Waals surface area (Å²) in [6.07, 6.45) is 7.53. The van der Waals surface area contributed by atoms with Crippen molar-refractivity contribution in [2.75, 3.05) is 0 Å². The Morgan fingerprint density at radius 1 is 1.08 bits per heavy atom. The van der Waals surface area contributed by atoms with Crippen LogP contribution in [0.3, 0.4) is 0 Å². The van der Waals surface area contributed by atoms with Crippen molar-refractivity contribution >= 4 is 11.6 Å². The number of hydrogen-bond donors (Lipinski definition) is 1. The van der Waals surface area contributed by atoms with Crippen molar-refractivity contribution in [3.63, 3.8) is 0 Å². The second-order valence-corrected chi connectivity index (χ2v) is 9.85. The molecule has 1 N–H and O–H groups in total. The summed E-state index contributed by atoms with van der Waals surface area (Å²) in [5, 5.41) is 10.1. The largest absolute Gasteiger partial charge is 0.393 e. The highest BCUT2D eigenvalue weighted by Gasteiger charge is 2.63. The van der Waals surface area contributed by atoms with E-state index in [0.29, 0.717) is 30.0 Å².